The monoisotopic (exact) mass is 492 g/mol. The van der Waals surface area contributed by atoms with Crippen molar-refractivity contribution >= 4 is 21.7 Å². The number of benzene rings is 3. The van der Waals surface area contributed by atoms with Crippen LogP contribution in [0.4, 0.5) is 0 Å². The van der Waals surface area contributed by atoms with Crippen LogP contribution >= 0.6 is 0 Å². The van der Waals surface area contributed by atoms with Crippen LogP contribution < -0.4 is 9.47 Å². The number of aromatic amines is 1. The van der Waals surface area contributed by atoms with E-state index in [0.29, 0.717) is 6.42 Å². The van der Waals surface area contributed by atoms with Crippen molar-refractivity contribution in [2.45, 2.75) is 62.2 Å². The Morgan fingerprint density at radius 2 is 1.97 bits per heavy atom. The minimum atomic E-state index is -0.892. The van der Waals surface area contributed by atoms with Gasteiger partial charge in [0.1, 0.15) is 0 Å². The number of hydrogen-bond acceptors (Lipinski definition) is 4. The van der Waals surface area contributed by atoms with E-state index in [9.17, 15) is 5.11 Å². The van der Waals surface area contributed by atoms with Gasteiger partial charge >= 0.3 is 0 Å². The molecule has 4 aromatic rings. The first-order valence-electron chi connectivity index (χ1n) is 13.9. The number of piperidine rings is 1. The van der Waals surface area contributed by atoms with Crippen molar-refractivity contribution in [2.24, 2.45) is 5.92 Å². The van der Waals surface area contributed by atoms with E-state index in [2.05, 4.69) is 59.3 Å². The Labute approximate surface area is 216 Å². The predicted octanol–water partition coefficient (Wildman–Crippen LogP) is 5.34. The van der Waals surface area contributed by atoms with E-state index in [-0.39, 0.29) is 12.1 Å². The van der Waals surface area contributed by atoms with Crippen molar-refractivity contribution in [3.05, 3.63) is 70.4 Å². The average molecular weight is 493 g/mol. The van der Waals surface area contributed by atoms with Crippen molar-refractivity contribution < 1.29 is 14.6 Å². The summed E-state index contributed by atoms with van der Waals surface area (Å²) in [4.78, 5) is 6.50. The number of ether oxygens (including phenoxy) is 2. The van der Waals surface area contributed by atoms with E-state index < -0.39 is 11.0 Å². The third-order valence-corrected chi connectivity index (χ3v) is 10.6. The standard InChI is InChI=1S/C32H32N2O3/c1-17-13-22-23-15-32(35)25-14-19-9-10-24(36-2)29-26(19)31(32,11-12-34(25)16-18-7-8-18)30(37-29)28(23)33-27(22)21-6-4-3-5-20(17)21/h3-6,9-10,13,18,25,30,33,35H,7-8,11-12,14-16H2,1-2H3/t25-,30?,31+,32?/m1/s1. The molecule has 3 heterocycles. The highest BCUT2D eigenvalue weighted by atomic mass is 16.5. The Morgan fingerprint density at radius 1 is 1.14 bits per heavy atom. The molecule has 5 heteroatoms. The number of rotatable bonds is 3. The molecule has 2 unspecified atom stereocenters. The van der Waals surface area contributed by atoms with Gasteiger partial charge in [0.05, 0.1) is 29.3 Å². The fourth-order valence-electron chi connectivity index (χ4n) is 8.79. The van der Waals surface area contributed by atoms with E-state index in [1.807, 2.05) is 0 Å². The lowest BCUT2D eigenvalue weighted by atomic mass is 9.49. The molecule has 3 aliphatic carbocycles. The molecule has 2 bridgehead atoms. The summed E-state index contributed by atoms with van der Waals surface area (Å²) in [5.74, 6) is 2.43. The SMILES string of the molecule is COc1ccc2c3c1OC1c4[nH]c5c(cc(C)c6ccccc65)c4CC4(O)[C@@H](C2)N(CC2CC2)CC[C@]314. The molecule has 1 aromatic heterocycles. The lowest BCUT2D eigenvalue weighted by Crippen LogP contribution is -2.74. The molecule has 188 valence electrons. The van der Waals surface area contributed by atoms with Crippen molar-refractivity contribution in [1.29, 1.82) is 0 Å². The average Bonchev–Trinajstić information content (AvgIpc) is 3.55. The Hall–Kier alpha value is -3.02. The molecule has 1 spiro atoms. The second-order valence-electron chi connectivity index (χ2n) is 12.3. The molecule has 5 aliphatic rings. The van der Waals surface area contributed by atoms with Gasteiger partial charge in [-0.3, -0.25) is 4.90 Å². The van der Waals surface area contributed by atoms with Crippen LogP contribution in [0, 0.1) is 12.8 Å². The van der Waals surface area contributed by atoms with Gasteiger partial charge in [0, 0.05) is 35.3 Å². The zero-order valence-electron chi connectivity index (χ0n) is 21.4. The number of aromatic nitrogens is 1. The first kappa shape index (κ1) is 21.0. The number of aryl methyl sites for hydroxylation is 1. The van der Waals surface area contributed by atoms with Gasteiger partial charge in [-0.15, -0.1) is 0 Å². The Kier molecular flexibility index (Phi) is 3.79. The maximum Gasteiger partial charge on any atom is 0.166 e. The quantitative estimate of drug-likeness (QED) is 0.406. The third kappa shape index (κ3) is 2.35. The molecule has 0 amide bonds. The van der Waals surface area contributed by atoms with Gasteiger partial charge in [-0.1, -0.05) is 30.3 Å². The minimum absolute atomic E-state index is 0.0967. The maximum atomic E-state index is 13.1. The highest BCUT2D eigenvalue weighted by Crippen LogP contribution is 2.69. The van der Waals surface area contributed by atoms with Gasteiger partial charge in [0.15, 0.2) is 17.6 Å². The van der Waals surface area contributed by atoms with Crippen molar-refractivity contribution in [3.63, 3.8) is 0 Å². The molecule has 3 aromatic carbocycles. The van der Waals surface area contributed by atoms with Crippen LogP contribution in [0.2, 0.25) is 0 Å². The van der Waals surface area contributed by atoms with E-state index >= 15 is 0 Å². The second-order valence-corrected chi connectivity index (χ2v) is 12.3. The highest BCUT2D eigenvalue weighted by molar-refractivity contribution is 6.09. The Morgan fingerprint density at radius 3 is 2.78 bits per heavy atom. The minimum Gasteiger partial charge on any atom is -0.493 e. The number of fused-ring (bicyclic) bond motifs is 6. The fraction of sp³-hybridized carbons (Fsp3) is 0.438. The topological polar surface area (TPSA) is 57.7 Å². The van der Waals surface area contributed by atoms with Crippen molar-refractivity contribution in [1.82, 2.24) is 9.88 Å². The third-order valence-electron chi connectivity index (χ3n) is 10.6. The summed E-state index contributed by atoms with van der Waals surface area (Å²) in [6.45, 7) is 4.32. The van der Waals surface area contributed by atoms with Gasteiger partial charge in [0.25, 0.3) is 0 Å². The fourth-order valence-corrected chi connectivity index (χ4v) is 8.79. The number of methoxy groups -OCH3 is 1. The molecule has 1 saturated carbocycles. The molecule has 1 saturated heterocycles. The van der Waals surface area contributed by atoms with Crippen molar-refractivity contribution in [3.8, 4) is 11.5 Å². The predicted molar refractivity (Wildman–Crippen MR) is 144 cm³/mol. The molecular weight excluding hydrogens is 460 g/mol. The van der Waals surface area contributed by atoms with Crippen LogP contribution in [0.5, 0.6) is 11.5 Å². The summed E-state index contributed by atoms with van der Waals surface area (Å²) in [6, 6.07) is 15.4. The summed E-state index contributed by atoms with van der Waals surface area (Å²) in [5, 5.41) is 16.9. The zero-order valence-corrected chi connectivity index (χ0v) is 21.4. The summed E-state index contributed by atoms with van der Waals surface area (Å²) in [7, 11) is 1.72. The maximum absolute atomic E-state index is 13.1. The summed E-state index contributed by atoms with van der Waals surface area (Å²) in [6.07, 6.45) is 4.84. The Bertz CT molecular complexity index is 1650. The van der Waals surface area contributed by atoms with E-state index in [0.717, 1.165) is 49.0 Å². The largest absolute Gasteiger partial charge is 0.493 e. The molecule has 2 aliphatic heterocycles. The van der Waals surface area contributed by atoms with E-state index in [1.165, 1.54) is 56.8 Å². The van der Waals surface area contributed by atoms with Gasteiger partial charge in [0.2, 0.25) is 0 Å². The summed E-state index contributed by atoms with van der Waals surface area (Å²) in [5.41, 5.74) is 6.01. The molecule has 0 radical (unpaired) electrons. The smallest absolute Gasteiger partial charge is 0.166 e. The lowest BCUT2D eigenvalue weighted by molar-refractivity contribution is -0.173. The number of aliphatic hydroxyl groups is 1. The molecular formula is C32H32N2O3. The molecule has 2 N–H and O–H groups in total. The van der Waals surface area contributed by atoms with Crippen LogP contribution in [0.15, 0.2) is 42.5 Å². The van der Waals surface area contributed by atoms with Crippen LogP contribution in [0.3, 0.4) is 0 Å². The molecule has 5 nitrogen and oxygen atoms in total. The van der Waals surface area contributed by atoms with Gasteiger partial charge in [-0.25, -0.2) is 0 Å². The van der Waals surface area contributed by atoms with Gasteiger partial charge < -0.3 is 19.6 Å². The van der Waals surface area contributed by atoms with Gasteiger partial charge in [-0.05, 0) is 79.3 Å². The lowest BCUT2D eigenvalue weighted by Gasteiger charge is -2.62. The normalized spacial score (nSPS) is 31.3. The summed E-state index contributed by atoms with van der Waals surface area (Å²) < 4.78 is 12.8. The molecule has 9 rings (SSSR count). The number of H-pyrrole nitrogens is 1. The first-order chi connectivity index (χ1) is 18.0. The van der Waals surface area contributed by atoms with Crippen LogP contribution in [0.25, 0.3) is 21.7 Å². The number of likely N-dealkylation sites (tertiary alicyclic amines) is 1. The van der Waals surface area contributed by atoms with Crippen LogP contribution in [-0.4, -0.2) is 46.8 Å². The number of nitrogens with one attached hydrogen (secondary N) is 1. The zero-order chi connectivity index (χ0) is 24.7. The van der Waals surface area contributed by atoms with Gasteiger partial charge in [-0.2, -0.15) is 0 Å². The van der Waals surface area contributed by atoms with Crippen LogP contribution in [-0.2, 0) is 18.3 Å². The molecule has 37 heavy (non-hydrogen) atoms. The van der Waals surface area contributed by atoms with Crippen LogP contribution in [0.1, 0.15) is 53.3 Å². The number of hydrogen-bond donors (Lipinski definition) is 2. The van der Waals surface area contributed by atoms with E-state index in [1.54, 1.807) is 7.11 Å². The number of nitrogens with zero attached hydrogens (tertiary/aromatic N) is 1. The second kappa shape index (κ2) is 6.69. The summed E-state index contributed by atoms with van der Waals surface area (Å²) >= 11 is 0. The van der Waals surface area contributed by atoms with E-state index in [4.69, 9.17) is 9.47 Å². The van der Waals surface area contributed by atoms with Crippen molar-refractivity contribution in [2.75, 3.05) is 20.2 Å². The highest BCUT2D eigenvalue weighted by Gasteiger charge is 2.73. The first-order valence-corrected chi connectivity index (χ1v) is 13.9. The molecule has 4 atom stereocenters. The Balaban J connectivity index is 1.35. The molecule has 2 fully saturated rings.